The van der Waals surface area contributed by atoms with Gasteiger partial charge >= 0.3 is 5.97 Å². The molecule has 1 fully saturated rings. The van der Waals surface area contributed by atoms with E-state index in [9.17, 15) is 4.79 Å². The Morgan fingerprint density at radius 3 is 2.90 bits per heavy atom. The Morgan fingerprint density at radius 2 is 2.50 bits per heavy atom. The van der Waals surface area contributed by atoms with Crippen LogP contribution in [0.2, 0.25) is 0 Å². The molecule has 1 aliphatic rings. The van der Waals surface area contributed by atoms with Gasteiger partial charge < -0.3 is 9.84 Å². The van der Waals surface area contributed by atoms with E-state index in [2.05, 4.69) is 15.9 Å². The van der Waals surface area contributed by atoms with E-state index in [0.717, 1.165) is 5.33 Å². The average molecular weight is 209 g/mol. The van der Waals surface area contributed by atoms with Crippen molar-refractivity contribution in [1.29, 1.82) is 0 Å². The number of cyclic esters (lactones) is 1. The molecule has 0 saturated carbocycles. The molecule has 0 amide bonds. The molecule has 0 aliphatic carbocycles. The first kappa shape index (κ1) is 8.01. The molecular weight excluding hydrogens is 200 g/mol. The van der Waals surface area contributed by atoms with Gasteiger partial charge in [-0.15, -0.1) is 0 Å². The van der Waals surface area contributed by atoms with Gasteiger partial charge in [0.15, 0.2) is 0 Å². The summed E-state index contributed by atoms with van der Waals surface area (Å²) in [5.41, 5.74) is 0. The summed E-state index contributed by atoms with van der Waals surface area (Å²) in [6.07, 6.45) is -0.0400. The van der Waals surface area contributed by atoms with Crippen LogP contribution in [0.1, 0.15) is 12.8 Å². The first-order chi connectivity index (χ1) is 4.74. The van der Waals surface area contributed by atoms with Crippen molar-refractivity contribution < 1.29 is 14.6 Å². The van der Waals surface area contributed by atoms with Gasteiger partial charge in [-0.05, 0) is 6.42 Å². The molecule has 4 heteroatoms. The summed E-state index contributed by atoms with van der Waals surface area (Å²) in [4.78, 5) is 10.5. The summed E-state index contributed by atoms with van der Waals surface area (Å²) >= 11 is 3.20. The van der Waals surface area contributed by atoms with Gasteiger partial charge in [-0.1, -0.05) is 15.9 Å². The van der Waals surface area contributed by atoms with E-state index < -0.39 is 6.10 Å². The normalized spacial score (nSPS) is 32.4. The van der Waals surface area contributed by atoms with Crippen molar-refractivity contribution >= 4 is 21.9 Å². The molecule has 10 heavy (non-hydrogen) atoms. The molecule has 0 aromatic carbocycles. The molecule has 58 valence electrons. The van der Waals surface area contributed by atoms with E-state index >= 15 is 0 Å². The maximum Gasteiger partial charge on any atom is 0.308 e. The fourth-order valence-electron chi connectivity index (χ4n) is 0.957. The topological polar surface area (TPSA) is 46.5 Å². The number of hydrogen-bond donors (Lipinski definition) is 1. The largest absolute Gasteiger partial charge is 0.459 e. The highest BCUT2D eigenvalue weighted by Crippen LogP contribution is 2.18. The van der Waals surface area contributed by atoms with Crippen LogP contribution in [0.5, 0.6) is 0 Å². The Hall–Kier alpha value is -0.0900. The second-order valence-electron chi connectivity index (χ2n) is 2.28. The summed E-state index contributed by atoms with van der Waals surface area (Å²) in [6.45, 7) is 0. The number of rotatable bonds is 2. The van der Waals surface area contributed by atoms with E-state index in [-0.39, 0.29) is 18.5 Å². The van der Waals surface area contributed by atoms with Crippen LogP contribution in [0.3, 0.4) is 0 Å². The number of aliphatic hydroxyl groups is 1. The van der Waals surface area contributed by atoms with Crippen LogP contribution in [0.4, 0.5) is 0 Å². The molecule has 0 spiro atoms. The van der Waals surface area contributed by atoms with Crippen molar-refractivity contribution in [2.24, 2.45) is 0 Å². The van der Waals surface area contributed by atoms with Gasteiger partial charge in [0.1, 0.15) is 12.2 Å². The molecule has 1 unspecified atom stereocenters. The number of carbonyl (C=O) groups is 1. The zero-order chi connectivity index (χ0) is 7.56. The predicted octanol–water partition coefficient (Wildman–Crippen LogP) is 0.448. The van der Waals surface area contributed by atoms with Crippen LogP contribution < -0.4 is 0 Å². The second kappa shape index (κ2) is 3.34. The molecule has 0 aromatic rings. The first-order valence-corrected chi connectivity index (χ1v) is 4.29. The molecule has 1 heterocycles. The molecule has 1 aliphatic heterocycles. The summed E-state index contributed by atoms with van der Waals surface area (Å²) in [7, 11) is 0. The number of alkyl halides is 1. The summed E-state index contributed by atoms with van der Waals surface area (Å²) in [5, 5.41) is 9.88. The van der Waals surface area contributed by atoms with Crippen molar-refractivity contribution in [3.8, 4) is 0 Å². The molecular formula is C6H9BrO3. The summed E-state index contributed by atoms with van der Waals surface area (Å²) in [5.74, 6) is -0.293. The van der Waals surface area contributed by atoms with Crippen molar-refractivity contribution in [2.45, 2.75) is 25.0 Å². The maximum atomic E-state index is 10.5. The van der Waals surface area contributed by atoms with Crippen molar-refractivity contribution in [1.82, 2.24) is 0 Å². The number of esters is 1. The smallest absolute Gasteiger partial charge is 0.308 e. The predicted molar refractivity (Wildman–Crippen MR) is 38.9 cm³/mol. The molecule has 1 saturated heterocycles. The van der Waals surface area contributed by atoms with Gasteiger partial charge in [0.25, 0.3) is 0 Å². The summed E-state index contributed by atoms with van der Waals surface area (Å²) < 4.78 is 4.80. The lowest BCUT2D eigenvalue weighted by Crippen LogP contribution is -2.20. The van der Waals surface area contributed by atoms with Crippen LogP contribution in [0.25, 0.3) is 0 Å². The number of aliphatic hydroxyl groups excluding tert-OH is 1. The number of halogens is 1. The lowest BCUT2D eigenvalue weighted by atomic mass is 10.1. The zero-order valence-corrected chi connectivity index (χ0v) is 7.00. The number of ether oxygens (including phenoxy) is 1. The standard InChI is InChI=1S/C6H9BrO3/c7-2-1-5-4(8)3-6(9)10-5/h4-5,8H,1-3H2/t4-,5?/m1/s1. The highest BCUT2D eigenvalue weighted by molar-refractivity contribution is 9.09. The highest BCUT2D eigenvalue weighted by atomic mass is 79.9. The number of hydrogen-bond acceptors (Lipinski definition) is 3. The molecule has 0 aromatic heterocycles. The lowest BCUT2D eigenvalue weighted by Gasteiger charge is -2.09. The molecule has 1 rings (SSSR count). The SMILES string of the molecule is O=C1C[C@@H](O)C(CCBr)O1. The zero-order valence-electron chi connectivity index (χ0n) is 5.42. The van der Waals surface area contributed by atoms with Crippen LogP contribution in [0, 0.1) is 0 Å². The Bertz CT molecular complexity index is 137. The fourth-order valence-corrected chi connectivity index (χ4v) is 1.41. The van der Waals surface area contributed by atoms with Gasteiger partial charge in [-0.2, -0.15) is 0 Å². The maximum absolute atomic E-state index is 10.5. The highest BCUT2D eigenvalue weighted by Gasteiger charge is 2.32. The molecule has 0 bridgehead atoms. The van der Waals surface area contributed by atoms with E-state index in [1.165, 1.54) is 0 Å². The van der Waals surface area contributed by atoms with Crippen molar-refractivity contribution in [3.63, 3.8) is 0 Å². The molecule has 0 radical (unpaired) electrons. The quantitative estimate of drug-likeness (QED) is 0.530. The van der Waals surface area contributed by atoms with E-state index in [1.807, 2.05) is 0 Å². The molecule has 3 nitrogen and oxygen atoms in total. The van der Waals surface area contributed by atoms with Gasteiger partial charge in [-0.3, -0.25) is 4.79 Å². The fraction of sp³-hybridized carbons (Fsp3) is 0.833. The van der Waals surface area contributed by atoms with Crippen molar-refractivity contribution in [3.05, 3.63) is 0 Å². The molecule has 2 atom stereocenters. The van der Waals surface area contributed by atoms with Gasteiger partial charge in [0.05, 0.1) is 6.42 Å². The van der Waals surface area contributed by atoms with Crippen LogP contribution in [-0.4, -0.2) is 28.6 Å². The lowest BCUT2D eigenvalue weighted by molar-refractivity contribution is -0.141. The third-order valence-electron chi connectivity index (χ3n) is 1.48. The summed E-state index contributed by atoms with van der Waals surface area (Å²) in [6, 6.07) is 0. The van der Waals surface area contributed by atoms with E-state index in [4.69, 9.17) is 9.84 Å². The monoisotopic (exact) mass is 208 g/mol. The van der Waals surface area contributed by atoms with Crippen LogP contribution in [-0.2, 0) is 9.53 Å². The Kier molecular flexibility index (Phi) is 2.68. The van der Waals surface area contributed by atoms with Gasteiger partial charge in [0.2, 0.25) is 0 Å². The Labute approximate surface area is 67.5 Å². The van der Waals surface area contributed by atoms with Gasteiger partial charge in [0, 0.05) is 5.33 Å². The second-order valence-corrected chi connectivity index (χ2v) is 3.07. The Morgan fingerprint density at radius 1 is 1.80 bits per heavy atom. The first-order valence-electron chi connectivity index (χ1n) is 3.17. The third-order valence-corrected chi connectivity index (χ3v) is 1.94. The minimum absolute atomic E-state index is 0.150. The van der Waals surface area contributed by atoms with Gasteiger partial charge in [-0.25, -0.2) is 0 Å². The minimum atomic E-state index is -0.593. The number of carbonyl (C=O) groups excluding carboxylic acids is 1. The average Bonchev–Trinajstić information content (AvgIpc) is 2.13. The minimum Gasteiger partial charge on any atom is -0.459 e. The third kappa shape index (κ3) is 1.70. The van der Waals surface area contributed by atoms with Crippen molar-refractivity contribution in [2.75, 3.05) is 5.33 Å². The van der Waals surface area contributed by atoms with E-state index in [1.54, 1.807) is 0 Å². The van der Waals surface area contributed by atoms with Crippen LogP contribution >= 0.6 is 15.9 Å². The van der Waals surface area contributed by atoms with Crippen LogP contribution in [0.15, 0.2) is 0 Å². The van der Waals surface area contributed by atoms with E-state index in [0.29, 0.717) is 6.42 Å². The Balaban J connectivity index is 2.38. The molecule has 1 N–H and O–H groups in total.